The van der Waals surface area contributed by atoms with Gasteiger partial charge >= 0.3 is 0 Å². The van der Waals surface area contributed by atoms with Gasteiger partial charge in [0, 0.05) is 22.7 Å². The lowest BCUT2D eigenvalue weighted by molar-refractivity contribution is 0.103. The van der Waals surface area contributed by atoms with E-state index in [1.54, 1.807) is 17.5 Å². The predicted molar refractivity (Wildman–Crippen MR) is 91.7 cm³/mol. The molecule has 0 N–H and O–H groups in total. The van der Waals surface area contributed by atoms with Gasteiger partial charge in [0.1, 0.15) is 5.69 Å². The molecule has 0 fully saturated rings. The molecule has 4 heteroatoms. The summed E-state index contributed by atoms with van der Waals surface area (Å²) in [6.07, 6.45) is 1.70. The summed E-state index contributed by atoms with van der Waals surface area (Å²) in [6.45, 7) is 0. The molecule has 4 aromatic rings. The lowest BCUT2D eigenvalue weighted by atomic mass is 9.93. The fourth-order valence-electron chi connectivity index (χ4n) is 3.09. The van der Waals surface area contributed by atoms with Crippen LogP contribution in [0.1, 0.15) is 16.1 Å². The van der Waals surface area contributed by atoms with Gasteiger partial charge in [-0.05, 0) is 29.0 Å². The van der Waals surface area contributed by atoms with Gasteiger partial charge in [0.05, 0.1) is 16.3 Å². The van der Waals surface area contributed by atoms with Gasteiger partial charge in [-0.25, -0.2) is 4.98 Å². The summed E-state index contributed by atoms with van der Waals surface area (Å²) in [5.41, 5.74) is 4.07. The number of aromatic nitrogens is 2. The van der Waals surface area contributed by atoms with Gasteiger partial charge in [-0.2, -0.15) is 0 Å². The second-order valence-electron chi connectivity index (χ2n) is 5.47. The van der Waals surface area contributed by atoms with Gasteiger partial charge in [0.15, 0.2) is 0 Å². The zero-order valence-corrected chi connectivity index (χ0v) is 12.8. The molecule has 0 aliphatic heterocycles. The lowest BCUT2D eigenvalue weighted by Crippen LogP contribution is -2.11. The number of benzene rings is 1. The smallest absolute Gasteiger partial charge is 0.213 e. The second-order valence-corrected chi connectivity index (χ2v) is 6.39. The van der Waals surface area contributed by atoms with Crippen LogP contribution >= 0.6 is 11.3 Å². The average molecular weight is 314 g/mol. The topological polar surface area (TPSA) is 42.9 Å². The highest BCUT2D eigenvalue weighted by molar-refractivity contribution is 7.14. The van der Waals surface area contributed by atoms with E-state index in [9.17, 15) is 4.79 Å². The highest BCUT2D eigenvalue weighted by atomic mass is 32.1. The van der Waals surface area contributed by atoms with Crippen LogP contribution < -0.4 is 0 Å². The van der Waals surface area contributed by atoms with Crippen LogP contribution in [0, 0.1) is 0 Å². The molecule has 3 heterocycles. The molecule has 0 bridgehead atoms. The van der Waals surface area contributed by atoms with Crippen LogP contribution in [0.25, 0.3) is 32.6 Å². The van der Waals surface area contributed by atoms with E-state index >= 15 is 0 Å². The Morgan fingerprint density at radius 2 is 1.83 bits per heavy atom. The Labute approximate surface area is 136 Å². The molecule has 0 radical (unpaired) electrons. The molecular formula is C19H10N2OS. The number of hydrogen-bond acceptors (Lipinski definition) is 4. The average Bonchev–Trinajstić information content (AvgIpc) is 3.10. The third kappa shape index (κ3) is 1.72. The van der Waals surface area contributed by atoms with E-state index in [2.05, 4.69) is 4.98 Å². The van der Waals surface area contributed by atoms with Gasteiger partial charge in [-0.1, -0.05) is 30.3 Å². The second kappa shape index (κ2) is 4.57. The molecule has 0 saturated carbocycles. The van der Waals surface area contributed by atoms with Crippen molar-refractivity contribution in [3.63, 3.8) is 0 Å². The number of carbonyl (C=O) groups excluding carboxylic acids is 1. The van der Waals surface area contributed by atoms with Crippen molar-refractivity contribution >= 4 is 27.9 Å². The first-order valence-electron chi connectivity index (χ1n) is 7.31. The molecule has 5 rings (SSSR count). The SMILES string of the molecule is O=C1c2ccsc2-c2nc(-c3ccccc3)cc3ccnc1c23. The van der Waals surface area contributed by atoms with Crippen LogP contribution in [-0.4, -0.2) is 15.8 Å². The number of nitrogens with zero attached hydrogens (tertiary/aromatic N) is 2. The van der Waals surface area contributed by atoms with Crippen LogP contribution in [-0.2, 0) is 0 Å². The molecule has 1 aliphatic rings. The zero-order valence-electron chi connectivity index (χ0n) is 12.0. The number of hydrogen-bond donors (Lipinski definition) is 0. The van der Waals surface area contributed by atoms with E-state index in [1.807, 2.05) is 53.9 Å². The summed E-state index contributed by atoms with van der Waals surface area (Å²) in [6, 6.07) is 15.9. The van der Waals surface area contributed by atoms with E-state index in [4.69, 9.17) is 4.98 Å². The van der Waals surface area contributed by atoms with Gasteiger partial charge in [0.2, 0.25) is 5.78 Å². The van der Waals surface area contributed by atoms with Crippen molar-refractivity contribution < 1.29 is 4.79 Å². The van der Waals surface area contributed by atoms with E-state index in [0.717, 1.165) is 32.6 Å². The standard InChI is InChI=1S/C19H10N2OS/c22-18-13-7-9-23-19(13)17-15-12(6-8-20-16(15)18)10-14(21-17)11-4-2-1-3-5-11/h1-10H. The minimum absolute atomic E-state index is 0.00592. The minimum Gasteiger partial charge on any atom is -0.287 e. The normalized spacial score (nSPS) is 12.4. The van der Waals surface area contributed by atoms with Crippen LogP contribution in [0.15, 0.2) is 60.1 Å². The Morgan fingerprint density at radius 1 is 0.957 bits per heavy atom. The van der Waals surface area contributed by atoms with E-state index in [-0.39, 0.29) is 5.78 Å². The monoisotopic (exact) mass is 314 g/mol. The molecule has 3 aromatic heterocycles. The Morgan fingerprint density at radius 3 is 2.70 bits per heavy atom. The Hall–Kier alpha value is -2.85. The molecule has 0 spiro atoms. The summed E-state index contributed by atoms with van der Waals surface area (Å²) < 4.78 is 0. The zero-order chi connectivity index (χ0) is 15.4. The van der Waals surface area contributed by atoms with Crippen molar-refractivity contribution in [2.75, 3.05) is 0 Å². The maximum atomic E-state index is 12.6. The van der Waals surface area contributed by atoms with Crippen molar-refractivity contribution in [3.8, 4) is 21.8 Å². The number of pyridine rings is 2. The van der Waals surface area contributed by atoms with E-state index < -0.39 is 0 Å². The van der Waals surface area contributed by atoms with Gasteiger partial charge in [0.25, 0.3) is 0 Å². The van der Waals surface area contributed by atoms with Gasteiger partial charge in [-0.15, -0.1) is 11.3 Å². The summed E-state index contributed by atoms with van der Waals surface area (Å²) >= 11 is 1.56. The first-order chi connectivity index (χ1) is 11.3. The highest BCUT2D eigenvalue weighted by Gasteiger charge is 2.28. The van der Waals surface area contributed by atoms with Crippen molar-refractivity contribution in [2.24, 2.45) is 0 Å². The number of thiophene rings is 1. The lowest BCUT2D eigenvalue weighted by Gasteiger charge is -2.16. The van der Waals surface area contributed by atoms with Gasteiger partial charge in [-0.3, -0.25) is 9.78 Å². The number of rotatable bonds is 1. The summed E-state index contributed by atoms with van der Waals surface area (Å²) in [7, 11) is 0. The third-order valence-electron chi connectivity index (χ3n) is 4.15. The largest absolute Gasteiger partial charge is 0.287 e. The first-order valence-corrected chi connectivity index (χ1v) is 8.18. The van der Waals surface area contributed by atoms with Crippen LogP contribution in [0.3, 0.4) is 0 Å². The summed E-state index contributed by atoms with van der Waals surface area (Å²) in [5, 5.41) is 3.82. The Balaban J connectivity index is 1.92. The first kappa shape index (κ1) is 12.7. The van der Waals surface area contributed by atoms with Crippen molar-refractivity contribution in [2.45, 2.75) is 0 Å². The number of fused-ring (bicyclic) bond motifs is 2. The molecule has 0 saturated heterocycles. The van der Waals surface area contributed by atoms with Crippen molar-refractivity contribution in [3.05, 3.63) is 71.4 Å². The highest BCUT2D eigenvalue weighted by Crippen LogP contribution is 2.41. The van der Waals surface area contributed by atoms with Crippen molar-refractivity contribution in [1.29, 1.82) is 0 Å². The molecule has 1 aliphatic carbocycles. The van der Waals surface area contributed by atoms with Crippen LogP contribution in [0.5, 0.6) is 0 Å². The van der Waals surface area contributed by atoms with Crippen molar-refractivity contribution in [1.82, 2.24) is 9.97 Å². The number of carbonyl (C=O) groups is 1. The molecule has 23 heavy (non-hydrogen) atoms. The molecule has 0 unspecified atom stereocenters. The van der Waals surface area contributed by atoms with Crippen LogP contribution in [0.2, 0.25) is 0 Å². The maximum Gasteiger partial charge on any atom is 0.213 e. The summed E-state index contributed by atoms with van der Waals surface area (Å²) in [5.74, 6) is -0.00592. The van der Waals surface area contributed by atoms with Crippen LogP contribution in [0.4, 0.5) is 0 Å². The molecule has 1 aromatic carbocycles. The Bertz CT molecular complexity index is 1080. The fraction of sp³-hybridized carbons (Fsp3) is 0. The molecular weight excluding hydrogens is 304 g/mol. The quantitative estimate of drug-likeness (QED) is 0.455. The molecule has 108 valence electrons. The predicted octanol–water partition coefficient (Wildman–Crippen LogP) is 4.57. The molecule has 0 atom stereocenters. The van der Waals surface area contributed by atoms with E-state index in [0.29, 0.717) is 11.3 Å². The summed E-state index contributed by atoms with van der Waals surface area (Å²) in [4.78, 5) is 22.8. The number of ketones is 1. The van der Waals surface area contributed by atoms with E-state index in [1.165, 1.54) is 0 Å². The minimum atomic E-state index is -0.00592. The maximum absolute atomic E-state index is 12.6. The Kier molecular flexibility index (Phi) is 2.52. The van der Waals surface area contributed by atoms with Gasteiger partial charge < -0.3 is 0 Å². The third-order valence-corrected chi connectivity index (χ3v) is 5.08. The molecule has 3 nitrogen and oxygen atoms in total. The molecule has 0 amide bonds. The fourth-order valence-corrected chi connectivity index (χ4v) is 3.98.